The third-order valence-electron chi connectivity index (χ3n) is 4.83. The maximum Gasteiger partial charge on any atom is 0.273 e. The van der Waals surface area contributed by atoms with Gasteiger partial charge >= 0.3 is 0 Å². The number of nitrogens with zero attached hydrogens (tertiary/aromatic N) is 5. The van der Waals surface area contributed by atoms with Crippen LogP contribution < -0.4 is 4.90 Å². The summed E-state index contributed by atoms with van der Waals surface area (Å²) in [5.41, 5.74) is 1.27. The van der Waals surface area contributed by atoms with E-state index in [-0.39, 0.29) is 29.0 Å². The van der Waals surface area contributed by atoms with Crippen LogP contribution in [0.4, 0.5) is 16.5 Å². The second-order valence-electron chi connectivity index (χ2n) is 6.82. The van der Waals surface area contributed by atoms with Crippen LogP contribution in [0.2, 0.25) is 0 Å². The predicted molar refractivity (Wildman–Crippen MR) is 119 cm³/mol. The molecule has 0 saturated carbocycles. The van der Waals surface area contributed by atoms with Crippen molar-refractivity contribution in [3.63, 3.8) is 0 Å². The fraction of sp³-hybridized carbons (Fsp3) is 0.0952. The minimum Gasteiger partial charge on any atom is -0.278 e. The lowest BCUT2D eigenvalue weighted by atomic mass is 10.1. The summed E-state index contributed by atoms with van der Waals surface area (Å²) in [5.74, 6) is -0.481. The third-order valence-corrected chi connectivity index (χ3v) is 5.87. The summed E-state index contributed by atoms with van der Waals surface area (Å²) >= 11 is 1.12. The molecule has 0 fully saturated rings. The lowest BCUT2D eigenvalue weighted by Crippen LogP contribution is -2.31. The number of nitro groups is 2. The molecule has 2 aromatic heterocycles. The van der Waals surface area contributed by atoms with Crippen LogP contribution in [0.25, 0.3) is 10.2 Å². The van der Waals surface area contributed by atoms with E-state index < -0.39 is 15.8 Å². The van der Waals surface area contributed by atoms with Crippen molar-refractivity contribution < 1.29 is 14.6 Å². The highest BCUT2D eigenvalue weighted by Crippen LogP contribution is 2.33. The Balaban J connectivity index is 1.82. The van der Waals surface area contributed by atoms with Crippen LogP contribution in [0.5, 0.6) is 0 Å². The quantitative estimate of drug-likeness (QED) is 0.309. The number of fused-ring (bicyclic) bond motifs is 1. The molecule has 0 bridgehead atoms. The molecule has 0 N–H and O–H groups in total. The minimum absolute atomic E-state index is 0.0731. The van der Waals surface area contributed by atoms with E-state index in [1.807, 2.05) is 0 Å². The number of hydrogen-bond donors (Lipinski definition) is 0. The lowest BCUT2D eigenvalue weighted by molar-refractivity contribution is -0.385. The SMILES string of the molecule is Cc1c(C(=O)N(Cc2ccccn2)c2nc3ccc([N+](=O)[O-])cc3s2)cccc1[N+](=O)[O-]. The Bertz CT molecular complexity index is 1360. The molecule has 0 saturated heterocycles. The summed E-state index contributed by atoms with van der Waals surface area (Å²) in [6.45, 7) is 1.59. The lowest BCUT2D eigenvalue weighted by Gasteiger charge is -2.20. The van der Waals surface area contributed by atoms with Crippen molar-refractivity contribution in [1.82, 2.24) is 9.97 Å². The van der Waals surface area contributed by atoms with E-state index in [0.717, 1.165) is 11.3 Å². The minimum atomic E-state index is -0.536. The van der Waals surface area contributed by atoms with E-state index in [4.69, 9.17) is 0 Å². The Morgan fingerprint density at radius 3 is 2.56 bits per heavy atom. The number of nitro benzene ring substituents is 2. The monoisotopic (exact) mass is 449 g/mol. The number of benzene rings is 2. The molecule has 4 aromatic rings. The highest BCUT2D eigenvalue weighted by Gasteiger charge is 2.26. The molecule has 0 spiro atoms. The van der Waals surface area contributed by atoms with Gasteiger partial charge in [0.25, 0.3) is 17.3 Å². The van der Waals surface area contributed by atoms with Crippen molar-refractivity contribution in [1.29, 1.82) is 0 Å². The molecule has 0 aliphatic carbocycles. The molecule has 10 nitrogen and oxygen atoms in total. The molecule has 0 aliphatic rings. The first kappa shape index (κ1) is 21.0. The summed E-state index contributed by atoms with van der Waals surface area (Å²) in [4.78, 5) is 45.1. The van der Waals surface area contributed by atoms with Gasteiger partial charge in [0.05, 0.1) is 32.3 Å². The van der Waals surface area contributed by atoms with Gasteiger partial charge in [-0.2, -0.15) is 0 Å². The molecule has 0 unspecified atom stereocenters. The Hall–Kier alpha value is -4.25. The maximum absolute atomic E-state index is 13.5. The summed E-state index contributed by atoms with van der Waals surface area (Å²) in [5, 5.41) is 22.8. The van der Waals surface area contributed by atoms with E-state index in [1.54, 1.807) is 24.4 Å². The number of non-ortho nitro benzene ring substituents is 1. The molecular formula is C21H15N5O5S. The van der Waals surface area contributed by atoms with Crippen molar-refractivity contribution in [2.45, 2.75) is 13.5 Å². The molecule has 0 atom stereocenters. The number of thiazole rings is 1. The van der Waals surface area contributed by atoms with Crippen LogP contribution in [0.1, 0.15) is 21.6 Å². The first-order valence-electron chi connectivity index (χ1n) is 9.36. The molecule has 0 aliphatic heterocycles. The van der Waals surface area contributed by atoms with Crippen LogP contribution in [-0.2, 0) is 6.54 Å². The van der Waals surface area contributed by atoms with Crippen molar-refractivity contribution in [2.24, 2.45) is 0 Å². The second-order valence-corrected chi connectivity index (χ2v) is 7.83. The number of anilines is 1. The van der Waals surface area contributed by atoms with Crippen LogP contribution in [0.15, 0.2) is 60.8 Å². The smallest absolute Gasteiger partial charge is 0.273 e. The first-order valence-corrected chi connectivity index (χ1v) is 10.2. The van der Waals surface area contributed by atoms with Crippen LogP contribution in [0.3, 0.4) is 0 Å². The molecule has 2 heterocycles. The van der Waals surface area contributed by atoms with Crippen molar-refractivity contribution in [3.8, 4) is 0 Å². The van der Waals surface area contributed by atoms with Gasteiger partial charge in [0, 0.05) is 35.5 Å². The van der Waals surface area contributed by atoms with Crippen molar-refractivity contribution >= 4 is 44.0 Å². The van der Waals surface area contributed by atoms with Gasteiger partial charge in [0.1, 0.15) is 0 Å². The zero-order chi connectivity index (χ0) is 22.8. The van der Waals surface area contributed by atoms with Crippen LogP contribution >= 0.6 is 11.3 Å². The van der Waals surface area contributed by atoms with Gasteiger partial charge < -0.3 is 0 Å². The van der Waals surface area contributed by atoms with E-state index in [1.165, 1.54) is 48.2 Å². The number of aromatic nitrogens is 2. The van der Waals surface area contributed by atoms with Crippen LogP contribution in [0, 0.1) is 27.2 Å². The van der Waals surface area contributed by atoms with Gasteiger partial charge in [0.15, 0.2) is 5.13 Å². The number of hydrogen-bond acceptors (Lipinski definition) is 8. The number of carbonyl (C=O) groups excluding carboxylic acids is 1. The largest absolute Gasteiger partial charge is 0.278 e. The molecule has 1 amide bonds. The second kappa shape index (κ2) is 8.47. The van der Waals surface area contributed by atoms with Gasteiger partial charge in [0.2, 0.25) is 0 Å². The first-order chi connectivity index (χ1) is 15.3. The highest BCUT2D eigenvalue weighted by atomic mass is 32.1. The summed E-state index contributed by atoms with van der Waals surface area (Å²) < 4.78 is 0.545. The van der Waals surface area contributed by atoms with Crippen LogP contribution in [-0.4, -0.2) is 25.7 Å². The van der Waals surface area contributed by atoms with E-state index in [2.05, 4.69) is 9.97 Å². The average Bonchev–Trinajstić information content (AvgIpc) is 3.20. The zero-order valence-corrected chi connectivity index (χ0v) is 17.5. The molecule has 0 radical (unpaired) electrons. The van der Waals surface area contributed by atoms with E-state index >= 15 is 0 Å². The Kier molecular flexibility index (Phi) is 5.56. The van der Waals surface area contributed by atoms with Gasteiger partial charge in [-0.15, -0.1) is 0 Å². The number of amides is 1. The number of rotatable bonds is 6. The molecule has 4 rings (SSSR count). The zero-order valence-electron chi connectivity index (χ0n) is 16.7. The number of carbonyl (C=O) groups is 1. The Morgan fingerprint density at radius 1 is 1.06 bits per heavy atom. The van der Waals surface area contributed by atoms with Gasteiger partial charge in [-0.05, 0) is 31.2 Å². The highest BCUT2D eigenvalue weighted by molar-refractivity contribution is 7.22. The predicted octanol–water partition coefficient (Wildman–Crippen LogP) is 4.66. The maximum atomic E-state index is 13.5. The summed E-state index contributed by atoms with van der Waals surface area (Å²) in [6.07, 6.45) is 1.60. The molecular weight excluding hydrogens is 434 g/mol. The number of pyridine rings is 1. The fourth-order valence-electron chi connectivity index (χ4n) is 3.21. The Labute approximate surface area is 185 Å². The summed E-state index contributed by atoms with van der Waals surface area (Å²) in [7, 11) is 0. The topological polar surface area (TPSA) is 132 Å². The van der Waals surface area contributed by atoms with E-state index in [9.17, 15) is 25.0 Å². The fourth-order valence-corrected chi connectivity index (χ4v) is 4.20. The standard InChI is InChI=1S/C21H15N5O5S/c1-13-16(6-4-7-18(13)26(30)31)20(27)24(12-14-5-2-3-10-22-14)21-23-17-9-8-15(25(28)29)11-19(17)32-21/h2-11H,12H2,1H3. The molecule has 160 valence electrons. The van der Waals surface area contributed by atoms with Gasteiger partial charge in [-0.3, -0.25) is 34.9 Å². The van der Waals surface area contributed by atoms with Crippen molar-refractivity contribution in [3.05, 3.63) is 97.8 Å². The van der Waals surface area contributed by atoms with Crippen molar-refractivity contribution in [2.75, 3.05) is 4.90 Å². The Morgan fingerprint density at radius 2 is 1.88 bits per heavy atom. The normalized spacial score (nSPS) is 10.8. The van der Waals surface area contributed by atoms with E-state index in [0.29, 0.717) is 21.0 Å². The van der Waals surface area contributed by atoms with Gasteiger partial charge in [-0.25, -0.2) is 4.98 Å². The third kappa shape index (κ3) is 4.01. The average molecular weight is 449 g/mol. The molecule has 11 heteroatoms. The summed E-state index contributed by atoms with van der Waals surface area (Å²) in [6, 6.07) is 13.9. The molecule has 32 heavy (non-hydrogen) atoms. The molecule has 2 aromatic carbocycles. The van der Waals surface area contributed by atoms with Gasteiger partial charge in [-0.1, -0.05) is 23.5 Å².